The molecule has 176 valence electrons. The van der Waals surface area contributed by atoms with E-state index in [1.807, 2.05) is 30.3 Å². The molecule has 4 aliphatic rings. The first-order chi connectivity index (χ1) is 16.5. The Kier molecular flexibility index (Phi) is 5.28. The largest absolute Gasteiger partial charge is 0.331 e. The first kappa shape index (κ1) is 21.5. The lowest BCUT2D eigenvalue weighted by molar-refractivity contribution is -0.116. The normalized spacial score (nSPS) is 27.1. The molecule has 4 saturated carbocycles. The SMILES string of the molecule is O=C(Cn1c(=O)ccn(Cc2ccccc2)c1=O)Nc1nc(C23CC4CC(CC(C4)C2)C3)cs1. The summed E-state index contributed by atoms with van der Waals surface area (Å²) in [4.78, 5) is 42.8. The average Bonchev–Trinajstić information content (AvgIpc) is 3.28. The number of carbonyl (C=O) groups is 1. The van der Waals surface area contributed by atoms with Crippen molar-refractivity contribution in [1.29, 1.82) is 0 Å². The van der Waals surface area contributed by atoms with E-state index in [1.165, 1.54) is 66.7 Å². The Bertz CT molecular complexity index is 1300. The lowest BCUT2D eigenvalue weighted by atomic mass is 9.49. The molecule has 1 amide bonds. The number of benzene rings is 1. The van der Waals surface area contributed by atoms with E-state index in [4.69, 9.17) is 4.98 Å². The van der Waals surface area contributed by atoms with Gasteiger partial charge in [0.2, 0.25) is 5.91 Å². The Balaban J connectivity index is 1.17. The molecular formula is C26H28N4O3S. The highest BCUT2D eigenvalue weighted by molar-refractivity contribution is 7.13. The molecule has 0 radical (unpaired) electrons. The Morgan fingerprint density at radius 2 is 1.71 bits per heavy atom. The van der Waals surface area contributed by atoms with Crippen molar-refractivity contribution in [3.63, 3.8) is 0 Å². The van der Waals surface area contributed by atoms with Crippen molar-refractivity contribution in [2.45, 2.75) is 57.0 Å². The maximum Gasteiger partial charge on any atom is 0.331 e. The van der Waals surface area contributed by atoms with Gasteiger partial charge in [0.1, 0.15) is 6.54 Å². The summed E-state index contributed by atoms with van der Waals surface area (Å²) in [7, 11) is 0. The van der Waals surface area contributed by atoms with Gasteiger partial charge >= 0.3 is 5.69 Å². The number of nitrogens with one attached hydrogen (secondary N) is 1. The quantitative estimate of drug-likeness (QED) is 0.589. The molecule has 4 fully saturated rings. The van der Waals surface area contributed by atoms with Crippen LogP contribution in [0.1, 0.15) is 49.8 Å². The van der Waals surface area contributed by atoms with Crippen LogP contribution in [0.4, 0.5) is 5.13 Å². The van der Waals surface area contributed by atoms with Crippen LogP contribution in [0.3, 0.4) is 0 Å². The molecule has 7 nitrogen and oxygen atoms in total. The summed E-state index contributed by atoms with van der Waals surface area (Å²) < 4.78 is 2.42. The number of hydrogen-bond donors (Lipinski definition) is 1. The van der Waals surface area contributed by atoms with Crippen molar-refractivity contribution in [2.24, 2.45) is 17.8 Å². The highest BCUT2D eigenvalue weighted by Crippen LogP contribution is 2.60. The molecule has 1 N–H and O–H groups in total. The van der Waals surface area contributed by atoms with Crippen LogP contribution in [-0.2, 0) is 23.3 Å². The van der Waals surface area contributed by atoms with Gasteiger partial charge in [0, 0.05) is 23.1 Å². The van der Waals surface area contributed by atoms with E-state index in [1.54, 1.807) is 0 Å². The molecule has 3 aromatic rings. The zero-order chi connectivity index (χ0) is 23.3. The first-order valence-corrected chi connectivity index (χ1v) is 13.0. The molecule has 34 heavy (non-hydrogen) atoms. The smallest absolute Gasteiger partial charge is 0.300 e. The van der Waals surface area contributed by atoms with Gasteiger partial charge in [-0.3, -0.25) is 18.7 Å². The molecule has 0 atom stereocenters. The molecule has 2 heterocycles. The number of amides is 1. The Hall–Kier alpha value is -3.00. The van der Waals surface area contributed by atoms with Gasteiger partial charge in [0.05, 0.1) is 12.2 Å². The maximum atomic E-state index is 12.9. The highest BCUT2D eigenvalue weighted by atomic mass is 32.1. The number of nitrogens with zero attached hydrogens (tertiary/aromatic N) is 3. The number of rotatable bonds is 6. The average molecular weight is 477 g/mol. The Morgan fingerprint density at radius 1 is 1.03 bits per heavy atom. The second-order valence-corrected chi connectivity index (χ2v) is 11.3. The van der Waals surface area contributed by atoms with E-state index in [0.717, 1.165) is 33.6 Å². The topological polar surface area (TPSA) is 86.0 Å². The van der Waals surface area contributed by atoms with E-state index in [0.29, 0.717) is 11.7 Å². The third-order valence-electron chi connectivity index (χ3n) is 7.97. The van der Waals surface area contributed by atoms with Gasteiger partial charge in [-0.15, -0.1) is 11.3 Å². The molecule has 0 aliphatic heterocycles. The van der Waals surface area contributed by atoms with Crippen LogP contribution in [-0.4, -0.2) is 20.0 Å². The van der Waals surface area contributed by atoms with Crippen molar-refractivity contribution in [3.05, 3.63) is 80.1 Å². The summed E-state index contributed by atoms with van der Waals surface area (Å²) in [5, 5.41) is 5.47. The van der Waals surface area contributed by atoms with E-state index in [-0.39, 0.29) is 12.0 Å². The van der Waals surface area contributed by atoms with Gasteiger partial charge in [-0.2, -0.15) is 0 Å². The molecule has 8 heteroatoms. The fourth-order valence-electron chi connectivity index (χ4n) is 6.90. The van der Waals surface area contributed by atoms with Gasteiger partial charge in [-0.25, -0.2) is 9.78 Å². The van der Waals surface area contributed by atoms with Crippen molar-refractivity contribution < 1.29 is 4.79 Å². The lowest BCUT2D eigenvalue weighted by Gasteiger charge is -2.56. The molecular weight excluding hydrogens is 448 g/mol. The van der Waals surface area contributed by atoms with E-state index in [2.05, 4.69) is 10.7 Å². The van der Waals surface area contributed by atoms with Gasteiger partial charge < -0.3 is 5.32 Å². The summed E-state index contributed by atoms with van der Waals surface area (Å²) >= 11 is 1.44. The van der Waals surface area contributed by atoms with Crippen LogP contribution in [0.5, 0.6) is 0 Å². The number of anilines is 1. The van der Waals surface area contributed by atoms with Crippen LogP contribution in [0.2, 0.25) is 0 Å². The fraction of sp³-hybridized carbons (Fsp3) is 0.462. The van der Waals surface area contributed by atoms with E-state index in [9.17, 15) is 14.4 Å². The minimum Gasteiger partial charge on any atom is -0.300 e. The third-order valence-corrected chi connectivity index (χ3v) is 8.73. The lowest BCUT2D eigenvalue weighted by Crippen LogP contribution is -2.48. The second kappa shape index (κ2) is 8.34. The van der Waals surface area contributed by atoms with Crippen molar-refractivity contribution in [3.8, 4) is 0 Å². The minimum absolute atomic E-state index is 0.176. The first-order valence-electron chi connectivity index (χ1n) is 12.1. The van der Waals surface area contributed by atoms with Crippen molar-refractivity contribution in [2.75, 3.05) is 5.32 Å². The summed E-state index contributed by atoms with van der Waals surface area (Å²) in [5.74, 6) is 2.07. The van der Waals surface area contributed by atoms with Gasteiger partial charge in [0.25, 0.3) is 5.56 Å². The van der Waals surface area contributed by atoms with Crippen LogP contribution in [0.15, 0.2) is 57.6 Å². The minimum atomic E-state index is -0.500. The number of hydrogen-bond acceptors (Lipinski definition) is 5. The Labute approximate surface area is 201 Å². The van der Waals surface area contributed by atoms with E-state index < -0.39 is 17.2 Å². The van der Waals surface area contributed by atoms with Crippen molar-refractivity contribution in [1.82, 2.24) is 14.1 Å². The van der Waals surface area contributed by atoms with Crippen LogP contribution >= 0.6 is 11.3 Å². The van der Waals surface area contributed by atoms with Gasteiger partial charge in [-0.05, 0) is 61.8 Å². The molecule has 0 spiro atoms. The molecule has 2 aromatic heterocycles. The van der Waals surface area contributed by atoms with Crippen LogP contribution < -0.4 is 16.6 Å². The second-order valence-electron chi connectivity index (χ2n) is 10.4. The third kappa shape index (κ3) is 3.94. The highest BCUT2D eigenvalue weighted by Gasteiger charge is 2.52. The molecule has 4 bridgehead atoms. The van der Waals surface area contributed by atoms with Crippen LogP contribution in [0.25, 0.3) is 0 Å². The number of carbonyl (C=O) groups excluding carboxylic acids is 1. The molecule has 4 aliphatic carbocycles. The summed E-state index contributed by atoms with van der Waals surface area (Å²) in [6.45, 7) is 0.00204. The predicted octanol–water partition coefficient (Wildman–Crippen LogP) is 3.62. The zero-order valence-corrected chi connectivity index (χ0v) is 19.8. The molecule has 1 aromatic carbocycles. The summed E-state index contributed by atoms with van der Waals surface area (Å²) in [6.07, 6.45) is 9.26. The molecule has 7 rings (SSSR count). The number of thiazole rings is 1. The maximum absolute atomic E-state index is 12.9. The zero-order valence-electron chi connectivity index (χ0n) is 19.0. The van der Waals surface area contributed by atoms with Crippen LogP contribution in [0, 0.1) is 17.8 Å². The van der Waals surface area contributed by atoms with Gasteiger partial charge in [-0.1, -0.05) is 30.3 Å². The predicted molar refractivity (Wildman–Crippen MR) is 131 cm³/mol. The molecule has 0 unspecified atom stereocenters. The van der Waals surface area contributed by atoms with Gasteiger partial charge in [0.15, 0.2) is 5.13 Å². The van der Waals surface area contributed by atoms with E-state index >= 15 is 0 Å². The summed E-state index contributed by atoms with van der Waals surface area (Å²) in [5.41, 5.74) is 1.25. The Morgan fingerprint density at radius 3 is 2.38 bits per heavy atom. The van der Waals surface area contributed by atoms with Crippen molar-refractivity contribution >= 4 is 22.4 Å². The number of aromatic nitrogens is 3. The monoisotopic (exact) mass is 476 g/mol. The summed E-state index contributed by atoms with van der Waals surface area (Å²) in [6, 6.07) is 10.9. The fourth-order valence-corrected chi connectivity index (χ4v) is 7.75. The standard InChI is InChI=1S/C26H28N4O3S/c31-22(15-30-23(32)6-7-29(25(30)33)14-17-4-2-1-3-5-17)28-24-27-21(16-34-24)26-11-18-8-19(12-26)10-20(9-18)13-26/h1-7,16,18-20H,8-15H2,(H,27,28,31). The molecule has 0 saturated heterocycles.